The minimum atomic E-state index is -0.0295. The van der Waals surface area contributed by atoms with Gasteiger partial charge in [0, 0.05) is 13.1 Å². The maximum atomic E-state index is 11.8. The summed E-state index contributed by atoms with van der Waals surface area (Å²) in [6.45, 7) is 6.25. The zero-order chi connectivity index (χ0) is 10.6. The minimum absolute atomic E-state index is 0.0295. The van der Waals surface area contributed by atoms with Crippen molar-refractivity contribution in [1.29, 1.82) is 0 Å². The highest BCUT2D eigenvalue weighted by molar-refractivity contribution is 9.10. The Hall–Kier alpha value is -0.0900. The van der Waals surface area contributed by atoms with Crippen LogP contribution >= 0.6 is 15.9 Å². The van der Waals surface area contributed by atoms with E-state index in [0.717, 1.165) is 25.9 Å². The van der Waals surface area contributed by atoms with Gasteiger partial charge in [-0.1, -0.05) is 29.8 Å². The Morgan fingerprint density at radius 2 is 2.36 bits per heavy atom. The molecule has 0 bridgehead atoms. The fraction of sp³-hybridized carbons (Fsp3) is 0.900. The predicted molar refractivity (Wildman–Crippen MR) is 59.6 cm³/mol. The summed E-state index contributed by atoms with van der Waals surface area (Å²) in [5, 5.41) is 0. The van der Waals surface area contributed by atoms with E-state index in [9.17, 15) is 4.79 Å². The van der Waals surface area contributed by atoms with Gasteiger partial charge in [0.2, 0.25) is 5.91 Å². The average Bonchev–Trinajstić information content (AvgIpc) is 2.27. The number of ether oxygens (including phenoxy) is 1. The van der Waals surface area contributed by atoms with Gasteiger partial charge in [0.1, 0.15) is 0 Å². The largest absolute Gasteiger partial charge is 0.375 e. The number of nitrogens with zero attached hydrogens (tertiary/aromatic N) is 1. The van der Waals surface area contributed by atoms with Crippen molar-refractivity contribution in [3.63, 3.8) is 0 Å². The molecule has 2 atom stereocenters. The summed E-state index contributed by atoms with van der Waals surface area (Å²) in [5.74, 6) is 0.203. The SMILES string of the molecule is CCC1CN(C(=O)C(Br)CC)CCO1. The molecule has 0 aliphatic carbocycles. The van der Waals surface area contributed by atoms with E-state index < -0.39 is 0 Å². The number of morpholine rings is 1. The maximum absolute atomic E-state index is 11.8. The van der Waals surface area contributed by atoms with E-state index in [4.69, 9.17) is 4.74 Å². The van der Waals surface area contributed by atoms with Gasteiger partial charge < -0.3 is 9.64 Å². The van der Waals surface area contributed by atoms with E-state index in [1.807, 2.05) is 11.8 Å². The van der Waals surface area contributed by atoms with Gasteiger partial charge in [-0.3, -0.25) is 4.79 Å². The van der Waals surface area contributed by atoms with Crippen molar-refractivity contribution in [1.82, 2.24) is 4.90 Å². The topological polar surface area (TPSA) is 29.5 Å². The molecule has 0 aromatic heterocycles. The summed E-state index contributed by atoms with van der Waals surface area (Å²) in [4.78, 5) is 13.7. The molecule has 0 radical (unpaired) electrons. The second-order valence-corrected chi connectivity index (χ2v) is 4.67. The monoisotopic (exact) mass is 263 g/mol. The van der Waals surface area contributed by atoms with Crippen LogP contribution in [0.15, 0.2) is 0 Å². The summed E-state index contributed by atoms with van der Waals surface area (Å²) in [6, 6.07) is 0. The summed E-state index contributed by atoms with van der Waals surface area (Å²) >= 11 is 3.39. The normalized spacial score (nSPS) is 24.8. The van der Waals surface area contributed by atoms with Crippen LogP contribution in [0.5, 0.6) is 0 Å². The standard InChI is InChI=1S/C10H18BrNO2/c1-3-8-7-12(5-6-14-8)10(13)9(11)4-2/h8-9H,3-7H2,1-2H3. The predicted octanol–water partition coefficient (Wildman–Crippen LogP) is 1.80. The molecule has 1 heterocycles. The summed E-state index contributed by atoms with van der Waals surface area (Å²) < 4.78 is 5.51. The molecule has 14 heavy (non-hydrogen) atoms. The molecule has 4 heteroatoms. The quantitative estimate of drug-likeness (QED) is 0.727. The Bertz CT molecular complexity index is 199. The molecule has 1 amide bonds. The number of alkyl halides is 1. The van der Waals surface area contributed by atoms with Crippen LogP contribution in [0.25, 0.3) is 0 Å². The molecule has 1 aliphatic heterocycles. The third-order valence-corrected chi connectivity index (χ3v) is 3.57. The van der Waals surface area contributed by atoms with Gasteiger partial charge in [-0.05, 0) is 12.8 Å². The lowest BCUT2D eigenvalue weighted by Gasteiger charge is -2.33. The molecule has 82 valence electrons. The van der Waals surface area contributed by atoms with Crippen LogP contribution in [-0.2, 0) is 9.53 Å². The van der Waals surface area contributed by atoms with Gasteiger partial charge in [-0.25, -0.2) is 0 Å². The first-order valence-electron chi connectivity index (χ1n) is 5.23. The molecular weight excluding hydrogens is 246 g/mol. The lowest BCUT2D eigenvalue weighted by Crippen LogP contribution is -2.47. The van der Waals surface area contributed by atoms with Crippen molar-refractivity contribution in [2.45, 2.75) is 37.6 Å². The van der Waals surface area contributed by atoms with E-state index in [-0.39, 0.29) is 16.8 Å². The van der Waals surface area contributed by atoms with Crippen molar-refractivity contribution >= 4 is 21.8 Å². The highest BCUT2D eigenvalue weighted by Crippen LogP contribution is 2.14. The van der Waals surface area contributed by atoms with Crippen LogP contribution in [0.4, 0.5) is 0 Å². The first-order valence-corrected chi connectivity index (χ1v) is 6.15. The van der Waals surface area contributed by atoms with Gasteiger partial charge in [0.05, 0.1) is 17.5 Å². The molecule has 0 saturated carbocycles. The Kier molecular flexibility index (Phi) is 4.89. The average molecular weight is 264 g/mol. The third kappa shape index (κ3) is 2.95. The van der Waals surface area contributed by atoms with Crippen molar-refractivity contribution in [2.24, 2.45) is 0 Å². The Labute approximate surface area is 93.9 Å². The number of hydrogen-bond acceptors (Lipinski definition) is 2. The highest BCUT2D eigenvalue weighted by Gasteiger charge is 2.26. The molecule has 1 saturated heterocycles. The summed E-state index contributed by atoms with van der Waals surface area (Å²) in [7, 11) is 0. The van der Waals surface area contributed by atoms with E-state index in [2.05, 4.69) is 22.9 Å². The number of halogens is 1. The van der Waals surface area contributed by atoms with Crippen LogP contribution < -0.4 is 0 Å². The van der Waals surface area contributed by atoms with Crippen molar-refractivity contribution in [3.05, 3.63) is 0 Å². The van der Waals surface area contributed by atoms with Crippen LogP contribution in [0.2, 0.25) is 0 Å². The fourth-order valence-corrected chi connectivity index (χ4v) is 1.83. The zero-order valence-electron chi connectivity index (χ0n) is 8.83. The number of amides is 1. The lowest BCUT2D eigenvalue weighted by molar-refractivity contribution is -0.138. The molecule has 1 rings (SSSR count). The van der Waals surface area contributed by atoms with Crippen LogP contribution in [0, 0.1) is 0 Å². The number of hydrogen-bond donors (Lipinski definition) is 0. The van der Waals surface area contributed by atoms with Gasteiger partial charge in [-0.2, -0.15) is 0 Å². The highest BCUT2D eigenvalue weighted by atomic mass is 79.9. The molecule has 3 nitrogen and oxygen atoms in total. The Morgan fingerprint density at radius 3 is 2.93 bits per heavy atom. The van der Waals surface area contributed by atoms with E-state index >= 15 is 0 Å². The molecule has 1 aliphatic rings. The second-order valence-electron chi connectivity index (χ2n) is 3.56. The Balaban J connectivity index is 2.47. The molecule has 0 aromatic carbocycles. The van der Waals surface area contributed by atoms with Gasteiger partial charge in [0.25, 0.3) is 0 Å². The molecule has 0 aromatic rings. The zero-order valence-corrected chi connectivity index (χ0v) is 10.4. The fourth-order valence-electron chi connectivity index (χ4n) is 1.54. The summed E-state index contributed by atoms with van der Waals surface area (Å²) in [6.07, 6.45) is 2.04. The first-order chi connectivity index (χ1) is 6.69. The van der Waals surface area contributed by atoms with E-state index in [1.54, 1.807) is 0 Å². The van der Waals surface area contributed by atoms with E-state index in [0.29, 0.717) is 6.61 Å². The smallest absolute Gasteiger partial charge is 0.236 e. The van der Waals surface area contributed by atoms with Gasteiger partial charge in [-0.15, -0.1) is 0 Å². The molecular formula is C10H18BrNO2. The second kappa shape index (κ2) is 5.71. The lowest BCUT2D eigenvalue weighted by atomic mass is 10.2. The number of carbonyl (C=O) groups excluding carboxylic acids is 1. The minimum Gasteiger partial charge on any atom is -0.375 e. The Morgan fingerprint density at radius 1 is 1.64 bits per heavy atom. The third-order valence-electron chi connectivity index (χ3n) is 2.53. The van der Waals surface area contributed by atoms with Crippen LogP contribution in [0.1, 0.15) is 26.7 Å². The van der Waals surface area contributed by atoms with Gasteiger partial charge in [0.15, 0.2) is 0 Å². The van der Waals surface area contributed by atoms with E-state index in [1.165, 1.54) is 0 Å². The molecule has 0 spiro atoms. The van der Waals surface area contributed by atoms with Crippen LogP contribution in [-0.4, -0.2) is 41.4 Å². The van der Waals surface area contributed by atoms with Gasteiger partial charge >= 0.3 is 0 Å². The maximum Gasteiger partial charge on any atom is 0.236 e. The van der Waals surface area contributed by atoms with Crippen LogP contribution in [0.3, 0.4) is 0 Å². The number of carbonyl (C=O) groups is 1. The molecule has 1 fully saturated rings. The molecule has 2 unspecified atom stereocenters. The van der Waals surface area contributed by atoms with Crippen molar-refractivity contribution in [3.8, 4) is 0 Å². The molecule has 0 N–H and O–H groups in total. The summed E-state index contributed by atoms with van der Waals surface area (Å²) in [5.41, 5.74) is 0. The van der Waals surface area contributed by atoms with Crippen molar-refractivity contribution < 1.29 is 9.53 Å². The van der Waals surface area contributed by atoms with Crippen molar-refractivity contribution in [2.75, 3.05) is 19.7 Å². The first kappa shape index (κ1) is 12.0. The number of rotatable bonds is 3.